The van der Waals surface area contributed by atoms with E-state index in [1.54, 1.807) is 11.3 Å². The van der Waals surface area contributed by atoms with Gasteiger partial charge in [-0.1, -0.05) is 24.3 Å². The van der Waals surface area contributed by atoms with Gasteiger partial charge in [0.05, 0.1) is 22.2 Å². The SMILES string of the molecule is Cc1ncsc1-c1ccc(CNC(=O)[C@@H]2C[C@@H](O)CN2C(=O)C(C)n2c(O)ccc2O)cc1. The molecular formula is C23H26N4O5S. The minimum Gasteiger partial charge on any atom is -0.494 e. The van der Waals surface area contributed by atoms with Crippen LogP contribution in [0.2, 0.25) is 0 Å². The van der Waals surface area contributed by atoms with Crippen LogP contribution in [-0.2, 0) is 16.1 Å². The fraction of sp³-hybridized carbons (Fsp3) is 0.348. The Bertz CT molecular complexity index is 1140. The smallest absolute Gasteiger partial charge is 0.246 e. The molecule has 33 heavy (non-hydrogen) atoms. The van der Waals surface area contributed by atoms with Crippen molar-refractivity contribution in [3.8, 4) is 22.2 Å². The highest BCUT2D eigenvalue weighted by Crippen LogP contribution is 2.30. The number of rotatable bonds is 6. The lowest BCUT2D eigenvalue weighted by Gasteiger charge is -2.27. The summed E-state index contributed by atoms with van der Waals surface area (Å²) in [5.74, 6) is -1.36. The highest BCUT2D eigenvalue weighted by Gasteiger charge is 2.41. The molecule has 2 amide bonds. The standard InChI is InChI=1S/C23H26N4O5S/c1-13-21(33-12-25-13)16-5-3-15(4-6-16)10-24-22(31)18-9-17(28)11-26(18)23(32)14(2)27-19(29)7-8-20(27)30/h3-8,12,14,17-18,28-30H,9-11H2,1-2H3,(H,24,31)/t14?,17-,18+/m1/s1. The van der Waals surface area contributed by atoms with Crippen molar-refractivity contribution < 1.29 is 24.9 Å². The quantitative estimate of drug-likeness (QED) is 0.437. The molecule has 174 valence electrons. The number of aromatic nitrogens is 2. The van der Waals surface area contributed by atoms with Crippen molar-refractivity contribution in [1.29, 1.82) is 0 Å². The van der Waals surface area contributed by atoms with E-state index in [9.17, 15) is 24.9 Å². The van der Waals surface area contributed by atoms with Crippen LogP contribution in [0.15, 0.2) is 41.9 Å². The number of carbonyl (C=O) groups excluding carboxylic acids is 2. The van der Waals surface area contributed by atoms with Gasteiger partial charge in [0.15, 0.2) is 11.8 Å². The summed E-state index contributed by atoms with van der Waals surface area (Å²) in [5.41, 5.74) is 4.75. The summed E-state index contributed by atoms with van der Waals surface area (Å²) in [6.07, 6.45) is -0.706. The van der Waals surface area contributed by atoms with Gasteiger partial charge in [0.1, 0.15) is 12.1 Å². The Morgan fingerprint density at radius 2 is 1.85 bits per heavy atom. The summed E-state index contributed by atoms with van der Waals surface area (Å²) >= 11 is 1.57. The zero-order chi connectivity index (χ0) is 23.7. The second-order valence-electron chi connectivity index (χ2n) is 8.17. The van der Waals surface area contributed by atoms with E-state index in [2.05, 4.69) is 10.3 Å². The predicted molar refractivity (Wildman–Crippen MR) is 123 cm³/mol. The summed E-state index contributed by atoms with van der Waals surface area (Å²) < 4.78 is 1.08. The van der Waals surface area contributed by atoms with Crippen molar-refractivity contribution >= 4 is 23.2 Å². The topological polar surface area (TPSA) is 128 Å². The van der Waals surface area contributed by atoms with E-state index >= 15 is 0 Å². The van der Waals surface area contributed by atoms with Crippen LogP contribution >= 0.6 is 11.3 Å². The summed E-state index contributed by atoms with van der Waals surface area (Å²) in [6, 6.07) is 8.61. The molecule has 0 radical (unpaired) electrons. The van der Waals surface area contributed by atoms with E-state index in [1.165, 1.54) is 24.0 Å². The van der Waals surface area contributed by atoms with Gasteiger partial charge in [-0.3, -0.25) is 14.2 Å². The van der Waals surface area contributed by atoms with E-state index in [-0.39, 0.29) is 37.2 Å². The predicted octanol–water partition coefficient (Wildman–Crippen LogP) is 2.17. The molecule has 3 atom stereocenters. The maximum Gasteiger partial charge on any atom is 0.246 e. The normalized spacial score (nSPS) is 18.9. The van der Waals surface area contributed by atoms with Gasteiger partial charge in [0.25, 0.3) is 0 Å². The Labute approximate surface area is 194 Å². The monoisotopic (exact) mass is 470 g/mol. The van der Waals surface area contributed by atoms with Crippen molar-refractivity contribution in [2.45, 2.75) is 45.0 Å². The summed E-state index contributed by atoms with van der Waals surface area (Å²) in [7, 11) is 0. The summed E-state index contributed by atoms with van der Waals surface area (Å²) in [5, 5.41) is 32.8. The second-order valence-corrected chi connectivity index (χ2v) is 9.03. The van der Waals surface area contributed by atoms with Crippen LogP contribution in [0.5, 0.6) is 11.8 Å². The molecule has 3 aromatic rings. The Morgan fingerprint density at radius 3 is 2.45 bits per heavy atom. The number of hydrogen-bond donors (Lipinski definition) is 4. The Balaban J connectivity index is 1.41. The van der Waals surface area contributed by atoms with Gasteiger partial charge >= 0.3 is 0 Å². The highest BCUT2D eigenvalue weighted by atomic mass is 32.1. The Morgan fingerprint density at radius 1 is 1.18 bits per heavy atom. The minimum atomic E-state index is -0.941. The number of aromatic hydroxyl groups is 2. The van der Waals surface area contributed by atoms with E-state index in [0.717, 1.165) is 26.3 Å². The van der Waals surface area contributed by atoms with Crippen molar-refractivity contribution in [3.63, 3.8) is 0 Å². The molecule has 1 unspecified atom stereocenters. The number of hydrogen-bond acceptors (Lipinski definition) is 7. The number of likely N-dealkylation sites (tertiary alicyclic amines) is 1. The molecule has 0 spiro atoms. The first kappa shape index (κ1) is 22.8. The fourth-order valence-corrected chi connectivity index (χ4v) is 4.95. The van der Waals surface area contributed by atoms with Crippen LogP contribution in [0, 0.1) is 6.92 Å². The maximum absolute atomic E-state index is 13.0. The van der Waals surface area contributed by atoms with E-state index in [4.69, 9.17) is 0 Å². The number of aryl methyl sites for hydroxylation is 1. The van der Waals surface area contributed by atoms with Gasteiger partial charge in [0, 0.05) is 31.6 Å². The Kier molecular flexibility index (Phi) is 6.39. The van der Waals surface area contributed by atoms with Crippen molar-refractivity contribution in [2.24, 2.45) is 0 Å². The van der Waals surface area contributed by atoms with Gasteiger partial charge in [-0.05, 0) is 25.0 Å². The molecule has 1 saturated heterocycles. The van der Waals surface area contributed by atoms with Crippen molar-refractivity contribution in [3.05, 3.63) is 53.2 Å². The maximum atomic E-state index is 13.0. The van der Waals surface area contributed by atoms with Gasteiger partial charge in [-0.2, -0.15) is 0 Å². The molecule has 2 aromatic heterocycles. The molecule has 3 heterocycles. The molecule has 1 aliphatic heterocycles. The van der Waals surface area contributed by atoms with E-state index < -0.39 is 24.1 Å². The number of aliphatic hydroxyl groups excluding tert-OH is 1. The minimum absolute atomic E-state index is 0.00689. The summed E-state index contributed by atoms with van der Waals surface area (Å²) in [6.45, 7) is 3.77. The number of carbonyl (C=O) groups is 2. The molecule has 1 fully saturated rings. The number of benzene rings is 1. The van der Waals surface area contributed by atoms with Crippen molar-refractivity contribution in [1.82, 2.24) is 19.8 Å². The van der Waals surface area contributed by atoms with Crippen LogP contribution in [0.3, 0.4) is 0 Å². The van der Waals surface area contributed by atoms with E-state index in [1.807, 2.05) is 36.7 Å². The molecule has 1 aromatic carbocycles. The first-order chi connectivity index (χ1) is 15.8. The third-order valence-electron chi connectivity index (χ3n) is 5.91. The third-order valence-corrected chi connectivity index (χ3v) is 6.89. The van der Waals surface area contributed by atoms with Gasteiger partial charge in [-0.15, -0.1) is 11.3 Å². The molecule has 4 rings (SSSR count). The van der Waals surface area contributed by atoms with E-state index in [0.29, 0.717) is 0 Å². The molecule has 0 bridgehead atoms. The molecular weight excluding hydrogens is 444 g/mol. The first-order valence-corrected chi connectivity index (χ1v) is 11.5. The average Bonchev–Trinajstić information content (AvgIpc) is 3.50. The molecule has 4 N–H and O–H groups in total. The van der Waals surface area contributed by atoms with Crippen LogP contribution < -0.4 is 5.32 Å². The molecule has 0 aliphatic carbocycles. The highest BCUT2D eigenvalue weighted by molar-refractivity contribution is 7.13. The lowest BCUT2D eigenvalue weighted by Crippen LogP contribution is -2.47. The molecule has 10 heteroatoms. The third kappa shape index (κ3) is 4.57. The lowest BCUT2D eigenvalue weighted by atomic mass is 10.1. The average molecular weight is 471 g/mol. The van der Waals surface area contributed by atoms with Gasteiger partial charge in [0.2, 0.25) is 11.8 Å². The van der Waals surface area contributed by atoms with Crippen molar-refractivity contribution in [2.75, 3.05) is 6.54 Å². The molecule has 1 aliphatic rings. The zero-order valence-corrected chi connectivity index (χ0v) is 19.1. The van der Waals surface area contributed by atoms with Crippen LogP contribution in [0.4, 0.5) is 0 Å². The number of aliphatic hydroxyl groups is 1. The number of β-amino-alcohol motifs (C(OH)–C–C–N with tert-alkyl or cyclic N) is 1. The fourth-order valence-electron chi connectivity index (χ4n) is 4.14. The van der Waals surface area contributed by atoms with Crippen LogP contribution in [-0.4, -0.2) is 60.3 Å². The summed E-state index contributed by atoms with van der Waals surface area (Å²) in [4.78, 5) is 32.6. The first-order valence-electron chi connectivity index (χ1n) is 10.6. The lowest BCUT2D eigenvalue weighted by molar-refractivity contribution is -0.141. The Hall–Kier alpha value is -3.37. The van der Waals surface area contributed by atoms with Crippen LogP contribution in [0.25, 0.3) is 10.4 Å². The molecule has 0 saturated carbocycles. The van der Waals surface area contributed by atoms with Gasteiger partial charge in [-0.25, -0.2) is 4.98 Å². The van der Waals surface area contributed by atoms with Crippen LogP contribution in [0.1, 0.15) is 30.6 Å². The van der Waals surface area contributed by atoms with Gasteiger partial charge < -0.3 is 25.5 Å². The largest absolute Gasteiger partial charge is 0.494 e. The molecule has 9 nitrogen and oxygen atoms in total. The number of thiazole rings is 1. The number of nitrogens with zero attached hydrogens (tertiary/aromatic N) is 3. The number of amides is 2. The second kappa shape index (κ2) is 9.24. The number of nitrogens with one attached hydrogen (secondary N) is 1. The zero-order valence-electron chi connectivity index (χ0n) is 18.3.